The normalized spacial score (nSPS) is 13.4. The number of Topliss-reactive ketones (excluding diaryl/α,β-unsaturated/α-hetero) is 1. The third-order valence-corrected chi connectivity index (χ3v) is 5.07. The maximum atomic E-state index is 13.5. The van der Waals surface area contributed by atoms with Gasteiger partial charge in [0.25, 0.3) is 0 Å². The highest BCUT2D eigenvalue weighted by molar-refractivity contribution is 5.93. The second kappa shape index (κ2) is 9.58. The monoisotopic (exact) mass is 473 g/mol. The number of halogens is 4. The number of ether oxygens (including phenoxy) is 1. The Morgan fingerprint density at radius 2 is 1.68 bits per heavy atom. The number of amides is 1. The molecule has 176 valence electrons. The van der Waals surface area contributed by atoms with E-state index in [0.717, 1.165) is 25.0 Å². The van der Waals surface area contributed by atoms with Crippen LogP contribution in [0.4, 0.5) is 23.4 Å². The Kier molecular flexibility index (Phi) is 6.58. The maximum Gasteiger partial charge on any atom is 0.416 e. The number of rotatable bonds is 8. The van der Waals surface area contributed by atoms with Crippen LogP contribution in [0.2, 0.25) is 0 Å². The summed E-state index contributed by atoms with van der Waals surface area (Å²) in [5.41, 5.74) is -0.549. The fourth-order valence-corrected chi connectivity index (χ4v) is 3.27. The van der Waals surface area contributed by atoms with Crippen molar-refractivity contribution in [1.82, 2.24) is 9.97 Å². The van der Waals surface area contributed by atoms with E-state index in [1.807, 2.05) is 0 Å². The molecule has 2 aromatic carbocycles. The molecule has 0 spiro atoms. The van der Waals surface area contributed by atoms with Crippen molar-refractivity contribution in [2.75, 3.05) is 5.32 Å². The van der Waals surface area contributed by atoms with Gasteiger partial charge in [-0.25, -0.2) is 14.4 Å². The zero-order valence-electron chi connectivity index (χ0n) is 17.7. The lowest BCUT2D eigenvalue weighted by Gasteiger charge is -2.10. The number of anilines is 1. The van der Waals surface area contributed by atoms with Gasteiger partial charge >= 0.3 is 6.18 Å². The molecule has 1 aromatic heterocycles. The Balaban J connectivity index is 1.35. The van der Waals surface area contributed by atoms with E-state index in [-0.39, 0.29) is 41.9 Å². The number of hydrogen-bond acceptors (Lipinski definition) is 5. The van der Waals surface area contributed by atoms with Crippen LogP contribution in [0.1, 0.15) is 29.5 Å². The molecule has 0 aliphatic heterocycles. The van der Waals surface area contributed by atoms with Gasteiger partial charge in [0.05, 0.1) is 5.56 Å². The van der Waals surface area contributed by atoms with Crippen molar-refractivity contribution in [3.63, 3.8) is 0 Å². The topological polar surface area (TPSA) is 81.2 Å². The van der Waals surface area contributed by atoms with Crippen LogP contribution in [0.25, 0.3) is 0 Å². The highest BCUT2D eigenvalue weighted by Gasteiger charge is 2.31. The molecule has 3 aromatic rings. The van der Waals surface area contributed by atoms with E-state index in [1.54, 1.807) is 24.3 Å². The van der Waals surface area contributed by atoms with E-state index in [2.05, 4.69) is 15.3 Å². The van der Waals surface area contributed by atoms with Gasteiger partial charge in [0.2, 0.25) is 11.8 Å². The predicted octanol–water partition coefficient (Wildman–Crippen LogP) is 5.13. The van der Waals surface area contributed by atoms with Crippen molar-refractivity contribution >= 4 is 17.5 Å². The second-order valence-electron chi connectivity index (χ2n) is 7.99. The fourth-order valence-electron chi connectivity index (χ4n) is 3.27. The summed E-state index contributed by atoms with van der Waals surface area (Å²) < 4.78 is 57.7. The van der Waals surface area contributed by atoms with Crippen molar-refractivity contribution < 1.29 is 31.9 Å². The Morgan fingerprint density at radius 1 is 0.971 bits per heavy atom. The van der Waals surface area contributed by atoms with E-state index in [0.29, 0.717) is 23.2 Å². The van der Waals surface area contributed by atoms with E-state index >= 15 is 0 Å². The first-order valence-corrected chi connectivity index (χ1v) is 10.4. The van der Waals surface area contributed by atoms with Gasteiger partial charge in [-0.3, -0.25) is 9.59 Å². The van der Waals surface area contributed by atoms with Gasteiger partial charge in [-0.1, -0.05) is 12.1 Å². The second-order valence-corrected chi connectivity index (χ2v) is 7.99. The van der Waals surface area contributed by atoms with Crippen LogP contribution in [-0.4, -0.2) is 21.7 Å². The summed E-state index contributed by atoms with van der Waals surface area (Å²) in [6.45, 7) is 0. The zero-order chi connectivity index (χ0) is 24.3. The molecule has 1 aliphatic rings. The molecule has 10 heteroatoms. The minimum atomic E-state index is -4.69. The third kappa shape index (κ3) is 6.37. The molecule has 1 amide bonds. The van der Waals surface area contributed by atoms with Gasteiger partial charge in [-0.05, 0) is 54.3 Å². The number of carbonyl (C=O) groups is 2. The largest absolute Gasteiger partial charge is 0.439 e. The average molecular weight is 473 g/mol. The molecule has 0 unspecified atom stereocenters. The molecule has 6 nitrogen and oxygen atoms in total. The molecule has 0 saturated heterocycles. The first-order valence-electron chi connectivity index (χ1n) is 10.4. The lowest BCUT2D eigenvalue weighted by atomic mass is 10.0. The standard InChI is InChI=1S/C24H19F4N3O3/c25-18-8-15(7-17(11-18)24(26,27)28)10-19(32)9-14-1-5-20(6-2-14)34-22-12-21(29-13-30-22)31-23(33)16-3-4-16/h1-2,5-8,11-13,16H,3-4,9-10H2,(H,29,30,31,33). The number of carbonyl (C=O) groups excluding carboxylic acids is 2. The summed E-state index contributed by atoms with van der Waals surface area (Å²) in [5, 5.41) is 2.70. The van der Waals surface area contributed by atoms with Crippen molar-refractivity contribution in [1.29, 1.82) is 0 Å². The Bertz CT molecular complexity index is 1210. The number of hydrogen-bond donors (Lipinski definition) is 1. The van der Waals surface area contributed by atoms with Gasteiger partial charge in [0.1, 0.15) is 29.5 Å². The number of aromatic nitrogens is 2. The molecule has 1 saturated carbocycles. The summed E-state index contributed by atoms with van der Waals surface area (Å²) in [6, 6.07) is 10.1. The van der Waals surface area contributed by atoms with Crippen LogP contribution < -0.4 is 10.1 Å². The van der Waals surface area contributed by atoms with Crippen LogP contribution in [0.3, 0.4) is 0 Å². The zero-order valence-corrected chi connectivity index (χ0v) is 17.7. The van der Waals surface area contributed by atoms with Crippen LogP contribution >= 0.6 is 0 Å². The molecule has 1 N–H and O–H groups in total. The molecule has 0 atom stereocenters. The third-order valence-electron chi connectivity index (χ3n) is 5.07. The quantitative estimate of drug-likeness (QED) is 0.459. The number of alkyl halides is 3. The molecular weight excluding hydrogens is 454 g/mol. The van der Waals surface area contributed by atoms with Crippen molar-refractivity contribution in [2.24, 2.45) is 5.92 Å². The highest BCUT2D eigenvalue weighted by atomic mass is 19.4. The van der Waals surface area contributed by atoms with E-state index in [1.165, 1.54) is 12.4 Å². The van der Waals surface area contributed by atoms with Gasteiger partial charge in [0.15, 0.2) is 0 Å². The lowest BCUT2D eigenvalue weighted by Crippen LogP contribution is -2.14. The first-order chi connectivity index (χ1) is 16.2. The molecule has 4 rings (SSSR count). The Morgan fingerprint density at radius 3 is 2.35 bits per heavy atom. The molecule has 1 fully saturated rings. The number of nitrogens with one attached hydrogen (secondary N) is 1. The number of benzene rings is 2. The van der Waals surface area contributed by atoms with Crippen LogP contribution in [0.15, 0.2) is 54.9 Å². The van der Waals surface area contributed by atoms with Gasteiger partial charge < -0.3 is 10.1 Å². The molecule has 0 bridgehead atoms. The summed E-state index contributed by atoms with van der Waals surface area (Å²) in [6.07, 6.45) is -2.05. The van der Waals surface area contributed by atoms with Crippen LogP contribution in [0.5, 0.6) is 11.6 Å². The molecular formula is C24H19F4N3O3. The van der Waals surface area contributed by atoms with Crippen LogP contribution in [0, 0.1) is 11.7 Å². The predicted molar refractivity (Wildman–Crippen MR) is 114 cm³/mol. The summed E-state index contributed by atoms with van der Waals surface area (Å²) in [4.78, 5) is 32.2. The summed E-state index contributed by atoms with van der Waals surface area (Å²) in [7, 11) is 0. The Hall–Kier alpha value is -3.82. The maximum absolute atomic E-state index is 13.5. The molecule has 1 heterocycles. The Labute approximate surface area is 192 Å². The summed E-state index contributed by atoms with van der Waals surface area (Å²) in [5.74, 6) is -0.493. The van der Waals surface area contributed by atoms with Crippen LogP contribution in [-0.2, 0) is 28.6 Å². The average Bonchev–Trinajstić information content (AvgIpc) is 3.60. The molecule has 0 radical (unpaired) electrons. The van der Waals surface area contributed by atoms with Crippen molar-refractivity contribution in [3.8, 4) is 11.6 Å². The summed E-state index contributed by atoms with van der Waals surface area (Å²) >= 11 is 0. The number of ketones is 1. The van der Waals surface area contributed by atoms with Crippen molar-refractivity contribution in [3.05, 3.63) is 77.4 Å². The minimum absolute atomic E-state index is 0.0298. The van der Waals surface area contributed by atoms with Gasteiger partial charge in [0, 0.05) is 24.8 Å². The SMILES string of the molecule is O=C(Cc1ccc(Oc2cc(NC(=O)C3CC3)ncn2)cc1)Cc1cc(F)cc(C(F)(F)F)c1. The van der Waals surface area contributed by atoms with Gasteiger partial charge in [-0.2, -0.15) is 13.2 Å². The first kappa shape index (κ1) is 23.3. The van der Waals surface area contributed by atoms with Gasteiger partial charge in [-0.15, -0.1) is 0 Å². The minimum Gasteiger partial charge on any atom is -0.439 e. The molecule has 1 aliphatic carbocycles. The van der Waals surface area contributed by atoms with E-state index in [9.17, 15) is 27.2 Å². The number of nitrogens with zero attached hydrogens (tertiary/aromatic N) is 2. The van der Waals surface area contributed by atoms with E-state index < -0.39 is 17.6 Å². The highest BCUT2D eigenvalue weighted by Crippen LogP contribution is 2.31. The fraction of sp³-hybridized carbons (Fsp3) is 0.250. The lowest BCUT2D eigenvalue weighted by molar-refractivity contribution is -0.138. The smallest absolute Gasteiger partial charge is 0.416 e. The van der Waals surface area contributed by atoms with E-state index in [4.69, 9.17) is 4.74 Å². The van der Waals surface area contributed by atoms with Crippen molar-refractivity contribution in [2.45, 2.75) is 31.9 Å². The molecule has 34 heavy (non-hydrogen) atoms.